The Balaban J connectivity index is 3.75. The molecule has 0 aliphatic heterocycles. The molecule has 0 rings (SSSR count). The number of ether oxygens (including phenoxy) is 1. The Kier molecular flexibility index (Phi) is 4.86. The molecule has 6 nitrogen and oxygen atoms in total. The van der Waals surface area contributed by atoms with Crippen LogP contribution < -0.4 is 11.5 Å². The van der Waals surface area contributed by atoms with E-state index in [2.05, 4.69) is 4.74 Å². The van der Waals surface area contributed by atoms with Crippen LogP contribution in [0.4, 0.5) is 0 Å². The van der Waals surface area contributed by atoms with E-state index >= 15 is 0 Å². The van der Waals surface area contributed by atoms with E-state index in [0.29, 0.717) is 0 Å². The van der Waals surface area contributed by atoms with Crippen LogP contribution in [0, 0.1) is 0 Å². The smallest absolute Gasteiger partial charge is 0.381 e. The molecule has 0 aromatic rings. The number of esters is 2. The number of Topliss-reactive ketones (excluding diaryl/α,β-unsaturated/α-hetero) is 1. The Hall–Kier alpha value is -1.27. The Labute approximate surface area is 75.2 Å². The van der Waals surface area contributed by atoms with Gasteiger partial charge in [-0.2, -0.15) is 0 Å². The van der Waals surface area contributed by atoms with Gasteiger partial charge >= 0.3 is 11.9 Å². The third-order valence-electron chi connectivity index (χ3n) is 1.18. The highest BCUT2D eigenvalue weighted by Crippen LogP contribution is 1.94. The van der Waals surface area contributed by atoms with Crippen molar-refractivity contribution in [1.29, 1.82) is 0 Å². The summed E-state index contributed by atoms with van der Waals surface area (Å²) in [5.74, 6) is -2.76. The summed E-state index contributed by atoms with van der Waals surface area (Å²) in [6.07, 6.45) is -0.485. The lowest BCUT2D eigenvalue weighted by Gasteiger charge is -2.03. The van der Waals surface area contributed by atoms with Crippen LogP contribution in [0.2, 0.25) is 0 Å². The van der Waals surface area contributed by atoms with Gasteiger partial charge in [0.15, 0.2) is 0 Å². The van der Waals surface area contributed by atoms with Crippen molar-refractivity contribution >= 4 is 17.7 Å². The highest BCUT2D eigenvalue weighted by Gasteiger charge is 2.14. The molecule has 0 fully saturated rings. The standard InChI is InChI=1S/C7H12N2O4/c1-4(10)7(12)13-6(11)3-2-5(8)9/h5H,2-3,8-9H2,1H3. The van der Waals surface area contributed by atoms with E-state index in [4.69, 9.17) is 11.5 Å². The van der Waals surface area contributed by atoms with Gasteiger partial charge in [0.1, 0.15) is 0 Å². The summed E-state index contributed by atoms with van der Waals surface area (Å²) in [5, 5.41) is 0. The quantitative estimate of drug-likeness (QED) is 0.244. The van der Waals surface area contributed by atoms with Crippen molar-refractivity contribution < 1.29 is 19.1 Å². The second-order valence-electron chi connectivity index (χ2n) is 2.52. The van der Waals surface area contributed by atoms with Crippen molar-refractivity contribution in [2.24, 2.45) is 11.5 Å². The fourth-order valence-electron chi connectivity index (χ4n) is 0.511. The maximum Gasteiger partial charge on any atom is 0.381 e. The lowest BCUT2D eigenvalue weighted by molar-refractivity contribution is -0.163. The molecule has 0 saturated heterocycles. The van der Waals surface area contributed by atoms with E-state index < -0.39 is 23.9 Å². The van der Waals surface area contributed by atoms with Gasteiger partial charge in [0.2, 0.25) is 5.78 Å². The van der Waals surface area contributed by atoms with E-state index in [-0.39, 0.29) is 12.8 Å². The average Bonchev–Trinajstić information content (AvgIpc) is 2.00. The van der Waals surface area contributed by atoms with E-state index in [1.165, 1.54) is 0 Å². The molecule has 0 amide bonds. The largest absolute Gasteiger partial charge is 0.387 e. The van der Waals surface area contributed by atoms with Crippen molar-refractivity contribution in [3.8, 4) is 0 Å². The third kappa shape index (κ3) is 5.94. The Morgan fingerprint density at radius 1 is 1.31 bits per heavy atom. The number of rotatable bonds is 4. The van der Waals surface area contributed by atoms with Gasteiger partial charge in [0.25, 0.3) is 0 Å². The summed E-state index contributed by atoms with van der Waals surface area (Å²) < 4.78 is 4.12. The van der Waals surface area contributed by atoms with E-state index in [9.17, 15) is 14.4 Å². The van der Waals surface area contributed by atoms with Gasteiger partial charge in [-0.3, -0.25) is 9.59 Å². The minimum Gasteiger partial charge on any atom is -0.387 e. The molecule has 0 aliphatic rings. The number of carbonyl (C=O) groups excluding carboxylic acids is 3. The molecular weight excluding hydrogens is 176 g/mol. The maximum atomic E-state index is 10.8. The molecule has 0 heterocycles. The van der Waals surface area contributed by atoms with Crippen molar-refractivity contribution in [3.63, 3.8) is 0 Å². The fourth-order valence-corrected chi connectivity index (χ4v) is 0.511. The highest BCUT2D eigenvalue weighted by atomic mass is 16.6. The summed E-state index contributed by atoms with van der Waals surface area (Å²) in [4.78, 5) is 31.6. The number of hydrogen-bond donors (Lipinski definition) is 2. The highest BCUT2D eigenvalue weighted by molar-refractivity contribution is 6.34. The van der Waals surface area contributed by atoms with Crippen LogP contribution in [-0.4, -0.2) is 23.9 Å². The minimum absolute atomic E-state index is 0.0727. The number of carbonyl (C=O) groups is 3. The Bertz CT molecular complexity index is 225. The third-order valence-corrected chi connectivity index (χ3v) is 1.18. The molecule has 0 aromatic carbocycles. The first kappa shape index (κ1) is 11.7. The predicted octanol–water partition coefficient (Wildman–Crippen LogP) is -1.33. The number of nitrogens with two attached hydrogens (primary N) is 2. The summed E-state index contributed by atoms with van der Waals surface area (Å²) in [6, 6.07) is 0. The molecule has 0 spiro atoms. The molecule has 4 N–H and O–H groups in total. The molecule has 0 bridgehead atoms. The van der Waals surface area contributed by atoms with Crippen LogP contribution >= 0.6 is 0 Å². The van der Waals surface area contributed by atoms with Gasteiger partial charge in [-0.1, -0.05) is 0 Å². The van der Waals surface area contributed by atoms with Gasteiger partial charge < -0.3 is 16.2 Å². The maximum absolute atomic E-state index is 10.8. The molecule has 0 atom stereocenters. The monoisotopic (exact) mass is 188 g/mol. The van der Waals surface area contributed by atoms with Crippen molar-refractivity contribution in [2.75, 3.05) is 0 Å². The average molecular weight is 188 g/mol. The molecule has 0 saturated carbocycles. The summed E-state index contributed by atoms with van der Waals surface area (Å²) >= 11 is 0. The van der Waals surface area contributed by atoms with Gasteiger partial charge in [0, 0.05) is 13.3 Å². The summed E-state index contributed by atoms with van der Waals surface area (Å²) in [7, 11) is 0. The Morgan fingerprint density at radius 3 is 2.23 bits per heavy atom. The fraction of sp³-hybridized carbons (Fsp3) is 0.571. The Morgan fingerprint density at radius 2 is 1.85 bits per heavy atom. The van der Waals surface area contributed by atoms with Crippen LogP contribution in [0.5, 0.6) is 0 Å². The second-order valence-corrected chi connectivity index (χ2v) is 2.52. The lowest BCUT2D eigenvalue weighted by Crippen LogP contribution is -2.31. The van der Waals surface area contributed by atoms with Gasteiger partial charge in [-0.15, -0.1) is 0 Å². The van der Waals surface area contributed by atoms with E-state index in [1.54, 1.807) is 0 Å². The van der Waals surface area contributed by atoms with Crippen LogP contribution in [0.15, 0.2) is 0 Å². The zero-order valence-corrected chi connectivity index (χ0v) is 7.28. The minimum atomic E-state index is -1.16. The van der Waals surface area contributed by atoms with Crippen molar-refractivity contribution in [3.05, 3.63) is 0 Å². The summed E-state index contributed by atoms with van der Waals surface area (Å²) in [5.41, 5.74) is 10.3. The normalized spacial score (nSPS) is 9.85. The zero-order chi connectivity index (χ0) is 10.4. The van der Waals surface area contributed by atoms with Crippen LogP contribution in [0.3, 0.4) is 0 Å². The van der Waals surface area contributed by atoms with E-state index in [1.807, 2.05) is 0 Å². The molecule has 0 radical (unpaired) electrons. The second kappa shape index (κ2) is 5.39. The SMILES string of the molecule is CC(=O)C(=O)OC(=O)CCC(N)N. The molecule has 74 valence electrons. The molecule has 0 aromatic heterocycles. The van der Waals surface area contributed by atoms with Gasteiger partial charge in [-0.05, 0) is 6.42 Å². The predicted molar refractivity (Wildman–Crippen MR) is 43.2 cm³/mol. The molecular formula is C7H12N2O4. The van der Waals surface area contributed by atoms with Crippen LogP contribution in [-0.2, 0) is 19.1 Å². The first-order chi connectivity index (χ1) is 5.93. The van der Waals surface area contributed by atoms with Crippen LogP contribution in [0.1, 0.15) is 19.8 Å². The molecule has 0 unspecified atom stereocenters. The number of ketones is 1. The summed E-state index contributed by atoms with van der Waals surface area (Å²) in [6.45, 7) is 1.02. The van der Waals surface area contributed by atoms with Gasteiger partial charge in [-0.25, -0.2) is 4.79 Å². The lowest BCUT2D eigenvalue weighted by atomic mass is 10.3. The molecule has 13 heavy (non-hydrogen) atoms. The van der Waals surface area contributed by atoms with Crippen LogP contribution in [0.25, 0.3) is 0 Å². The molecule has 0 aliphatic carbocycles. The molecule has 6 heteroatoms. The van der Waals surface area contributed by atoms with Gasteiger partial charge in [0.05, 0.1) is 6.17 Å². The zero-order valence-electron chi connectivity index (χ0n) is 7.28. The van der Waals surface area contributed by atoms with Crippen molar-refractivity contribution in [1.82, 2.24) is 0 Å². The van der Waals surface area contributed by atoms with E-state index in [0.717, 1.165) is 6.92 Å². The van der Waals surface area contributed by atoms with Crippen molar-refractivity contribution in [2.45, 2.75) is 25.9 Å². The topological polar surface area (TPSA) is 112 Å². The first-order valence-electron chi connectivity index (χ1n) is 3.70. The number of hydrogen-bond acceptors (Lipinski definition) is 6. The first-order valence-corrected chi connectivity index (χ1v) is 3.70.